The second kappa shape index (κ2) is 9.36. The molecule has 1 aliphatic rings. The molecule has 1 N–H and O–H groups in total. The van der Waals surface area contributed by atoms with Crippen LogP contribution in [0.1, 0.15) is 17.0 Å². The molecule has 1 fully saturated rings. The van der Waals surface area contributed by atoms with Crippen LogP contribution in [0.3, 0.4) is 0 Å². The van der Waals surface area contributed by atoms with Crippen LogP contribution in [-0.4, -0.2) is 28.6 Å². The van der Waals surface area contributed by atoms with Gasteiger partial charge in [0.05, 0.1) is 5.92 Å². The Kier molecular flexibility index (Phi) is 6.39. The van der Waals surface area contributed by atoms with E-state index >= 15 is 0 Å². The number of rotatable bonds is 7. The molecule has 1 atom stereocenters. The number of benzene rings is 2. The zero-order valence-corrected chi connectivity index (χ0v) is 17.6. The second-order valence-electron chi connectivity index (χ2n) is 6.85. The van der Waals surface area contributed by atoms with E-state index in [0.717, 1.165) is 10.8 Å². The zero-order valence-electron chi connectivity index (χ0n) is 16.0. The van der Waals surface area contributed by atoms with Crippen molar-refractivity contribution in [2.24, 2.45) is 5.92 Å². The quantitative estimate of drug-likeness (QED) is 0.596. The van der Waals surface area contributed by atoms with Crippen molar-refractivity contribution >= 4 is 45.7 Å². The molecule has 154 valence electrons. The highest BCUT2D eigenvalue weighted by Gasteiger charge is 2.35. The number of amides is 2. The zero-order chi connectivity index (χ0) is 20.9. The molecule has 2 heterocycles. The van der Waals surface area contributed by atoms with E-state index < -0.39 is 5.92 Å². The molecule has 0 spiro atoms. The third kappa shape index (κ3) is 5.03. The highest BCUT2D eigenvalue weighted by molar-refractivity contribution is 7.97. The summed E-state index contributed by atoms with van der Waals surface area (Å²) in [7, 11) is 0. The summed E-state index contributed by atoms with van der Waals surface area (Å²) in [5.74, 6) is 0.328. The molecule has 3 aromatic rings. The van der Waals surface area contributed by atoms with Crippen molar-refractivity contribution in [3.8, 4) is 0 Å². The Morgan fingerprint density at radius 1 is 1.13 bits per heavy atom. The fourth-order valence-corrected chi connectivity index (χ4v) is 4.94. The Hall–Kier alpha value is -2.78. The fourth-order valence-electron chi connectivity index (χ4n) is 3.15. The molecule has 2 aromatic carbocycles. The van der Waals surface area contributed by atoms with Gasteiger partial charge >= 0.3 is 0 Å². The van der Waals surface area contributed by atoms with Crippen LogP contribution in [0.4, 0.5) is 15.2 Å². The first-order chi connectivity index (χ1) is 14.6. The maximum Gasteiger partial charge on any atom is 0.231 e. The third-order valence-corrected chi connectivity index (χ3v) is 6.70. The van der Waals surface area contributed by atoms with Crippen LogP contribution < -0.4 is 10.2 Å². The van der Waals surface area contributed by atoms with Gasteiger partial charge in [-0.15, -0.1) is 22.0 Å². The number of hydrogen-bond acceptors (Lipinski definition) is 6. The van der Waals surface area contributed by atoms with Gasteiger partial charge in [0.15, 0.2) is 0 Å². The number of carbonyl (C=O) groups is 2. The highest BCUT2D eigenvalue weighted by atomic mass is 32.2. The Balaban J connectivity index is 1.29. The number of nitrogens with one attached hydrogen (secondary N) is 1. The van der Waals surface area contributed by atoms with Gasteiger partial charge in [0.25, 0.3) is 0 Å². The number of nitrogens with zero attached hydrogens (tertiary/aromatic N) is 3. The van der Waals surface area contributed by atoms with Gasteiger partial charge < -0.3 is 10.2 Å². The van der Waals surface area contributed by atoms with Crippen molar-refractivity contribution in [3.05, 3.63) is 71.0 Å². The van der Waals surface area contributed by atoms with Crippen molar-refractivity contribution in [2.75, 3.05) is 16.8 Å². The van der Waals surface area contributed by atoms with E-state index in [-0.39, 0.29) is 30.6 Å². The summed E-state index contributed by atoms with van der Waals surface area (Å²) in [5, 5.41) is 12.2. The fraction of sp³-hybridized carbons (Fsp3) is 0.238. The second-order valence-corrected chi connectivity index (χ2v) is 8.90. The van der Waals surface area contributed by atoms with E-state index in [0.29, 0.717) is 16.6 Å². The van der Waals surface area contributed by atoms with Crippen molar-refractivity contribution in [3.63, 3.8) is 0 Å². The summed E-state index contributed by atoms with van der Waals surface area (Å²) in [6, 6.07) is 15.9. The lowest BCUT2D eigenvalue weighted by atomic mass is 10.1. The minimum atomic E-state index is -0.484. The first-order valence-electron chi connectivity index (χ1n) is 9.39. The smallest absolute Gasteiger partial charge is 0.231 e. The lowest BCUT2D eigenvalue weighted by Crippen LogP contribution is -2.28. The summed E-state index contributed by atoms with van der Waals surface area (Å²) in [5.41, 5.74) is 1.84. The summed E-state index contributed by atoms with van der Waals surface area (Å²) >= 11 is 3.07. The molecule has 4 rings (SSSR count). The number of thioether (sulfide) groups is 1. The molecule has 2 amide bonds. The van der Waals surface area contributed by atoms with Gasteiger partial charge in [-0.1, -0.05) is 41.7 Å². The summed E-state index contributed by atoms with van der Waals surface area (Å²) in [4.78, 5) is 26.4. The van der Waals surface area contributed by atoms with Gasteiger partial charge in [0.1, 0.15) is 10.8 Å². The third-order valence-electron chi connectivity index (χ3n) is 4.67. The number of aromatic nitrogens is 2. The molecule has 6 nitrogen and oxygen atoms in total. The molecule has 0 saturated carbocycles. The SMILES string of the molecule is O=C(Nc1nnc(CSCc2ccccc2)s1)C1CC(=O)N(c2ccc(F)cc2)C1. The number of anilines is 2. The topological polar surface area (TPSA) is 75.2 Å². The maximum atomic E-state index is 13.1. The Labute approximate surface area is 181 Å². The summed E-state index contributed by atoms with van der Waals surface area (Å²) in [6.07, 6.45) is 0.113. The lowest BCUT2D eigenvalue weighted by molar-refractivity contribution is -0.122. The molecule has 1 unspecified atom stereocenters. The molecule has 0 bridgehead atoms. The van der Waals surface area contributed by atoms with Crippen LogP contribution >= 0.6 is 23.1 Å². The molecule has 0 radical (unpaired) electrons. The Bertz CT molecular complexity index is 1030. The normalized spacial score (nSPS) is 16.1. The van der Waals surface area contributed by atoms with Crippen molar-refractivity contribution in [1.29, 1.82) is 0 Å². The van der Waals surface area contributed by atoms with Crippen molar-refractivity contribution in [2.45, 2.75) is 17.9 Å². The van der Waals surface area contributed by atoms with Gasteiger partial charge in [-0.3, -0.25) is 9.59 Å². The van der Waals surface area contributed by atoms with Gasteiger partial charge in [-0.2, -0.15) is 0 Å². The average molecular weight is 443 g/mol. The molecule has 0 aliphatic carbocycles. The molecular weight excluding hydrogens is 423 g/mol. The predicted molar refractivity (Wildman–Crippen MR) is 117 cm³/mol. The maximum absolute atomic E-state index is 13.1. The van der Waals surface area contributed by atoms with E-state index in [2.05, 4.69) is 27.6 Å². The van der Waals surface area contributed by atoms with Crippen LogP contribution in [0.2, 0.25) is 0 Å². The van der Waals surface area contributed by atoms with E-state index in [1.165, 1.54) is 46.1 Å². The van der Waals surface area contributed by atoms with Gasteiger partial charge in [0.2, 0.25) is 16.9 Å². The van der Waals surface area contributed by atoms with Gasteiger partial charge in [0, 0.05) is 30.2 Å². The van der Waals surface area contributed by atoms with Gasteiger partial charge in [-0.25, -0.2) is 4.39 Å². The minimum Gasteiger partial charge on any atom is -0.312 e. The molecular formula is C21H19FN4O2S2. The molecule has 30 heavy (non-hydrogen) atoms. The molecule has 1 aliphatic heterocycles. The lowest BCUT2D eigenvalue weighted by Gasteiger charge is -2.16. The molecule has 1 aromatic heterocycles. The van der Waals surface area contributed by atoms with Crippen LogP contribution in [0.15, 0.2) is 54.6 Å². The van der Waals surface area contributed by atoms with Crippen LogP contribution in [-0.2, 0) is 21.1 Å². The van der Waals surface area contributed by atoms with E-state index in [1.54, 1.807) is 11.8 Å². The Morgan fingerprint density at radius 2 is 1.90 bits per heavy atom. The first-order valence-corrected chi connectivity index (χ1v) is 11.4. The highest BCUT2D eigenvalue weighted by Crippen LogP contribution is 2.27. The summed E-state index contributed by atoms with van der Waals surface area (Å²) < 4.78 is 13.1. The molecule has 1 saturated heterocycles. The number of hydrogen-bond donors (Lipinski definition) is 1. The average Bonchev–Trinajstić information content (AvgIpc) is 3.36. The monoisotopic (exact) mass is 442 g/mol. The number of halogens is 1. The van der Waals surface area contributed by atoms with E-state index in [1.807, 2.05) is 18.2 Å². The van der Waals surface area contributed by atoms with Gasteiger partial charge in [-0.05, 0) is 29.8 Å². The molecule has 9 heteroatoms. The number of carbonyl (C=O) groups excluding carboxylic acids is 2. The van der Waals surface area contributed by atoms with E-state index in [9.17, 15) is 14.0 Å². The predicted octanol–water partition coefficient (Wildman–Crippen LogP) is 4.10. The van der Waals surface area contributed by atoms with Crippen LogP contribution in [0, 0.1) is 11.7 Å². The van der Waals surface area contributed by atoms with Crippen molar-refractivity contribution in [1.82, 2.24) is 10.2 Å². The summed E-state index contributed by atoms with van der Waals surface area (Å²) in [6.45, 7) is 0.259. The Morgan fingerprint density at radius 3 is 2.67 bits per heavy atom. The largest absolute Gasteiger partial charge is 0.312 e. The van der Waals surface area contributed by atoms with Crippen LogP contribution in [0.5, 0.6) is 0 Å². The first kappa shape index (κ1) is 20.5. The standard InChI is InChI=1S/C21H19FN4O2S2/c22-16-6-8-17(9-7-16)26-11-15(10-19(26)27)20(28)23-21-25-24-18(30-21)13-29-12-14-4-2-1-3-5-14/h1-9,15H,10-13H2,(H,23,25,28). The van der Waals surface area contributed by atoms with Crippen LogP contribution in [0.25, 0.3) is 0 Å². The van der Waals surface area contributed by atoms with Crippen molar-refractivity contribution < 1.29 is 14.0 Å². The minimum absolute atomic E-state index is 0.113. The van der Waals surface area contributed by atoms with E-state index in [4.69, 9.17) is 0 Å².